The van der Waals surface area contributed by atoms with E-state index in [0.29, 0.717) is 48.8 Å². The van der Waals surface area contributed by atoms with Crippen molar-refractivity contribution in [2.45, 2.75) is 38.3 Å². The maximum atomic E-state index is 15.5. The van der Waals surface area contributed by atoms with Gasteiger partial charge in [0.05, 0.1) is 22.3 Å². The summed E-state index contributed by atoms with van der Waals surface area (Å²) in [6, 6.07) is 12.3. The summed E-state index contributed by atoms with van der Waals surface area (Å²) in [5.74, 6) is -3.97. The Morgan fingerprint density at radius 2 is 1.67 bits per heavy atom. The Kier molecular flexibility index (Phi) is 12.3. The van der Waals surface area contributed by atoms with Crippen LogP contribution in [0, 0.1) is 30.4 Å². The van der Waals surface area contributed by atoms with Gasteiger partial charge in [-0.25, -0.2) is 13.8 Å². The van der Waals surface area contributed by atoms with Crippen molar-refractivity contribution in [2.75, 3.05) is 19.5 Å². The molecule has 0 aliphatic heterocycles. The van der Waals surface area contributed by atoms with E-state index in [1.807, 2.05) is 36.7 Å². The van der Waals surface area contributed by atoms with Gasteiger partial charge in [-0.05, 0) is 85.8 Å². The molecular weight excluding hydrogens is 615 g/mol. The number of rotatable bonds is 5. The van der Waals surface area contributed by atoms with Crippen LogP contribution in [0.15, 0.2) is 54.6 Å². The van der Waals surface area contributed by atoms with Gasteiger partial charge in [0.1, 0.15) is 23.7 Å². The highest BCUT2D eigenvalue weighted by Crippen LogP contribution is 2.43. The smallest absolute Gasteiger partial charge is 0.400 e. The molecule has 1 amide bonds. The van der Waals surface area contributed by atoms with E-state index in [9.17, 15) is 27.2 Å². The maximum absolute atomic E-state index is 15.5. The Morgan fingerprint density at radius 3 is 2.27 bits per heavy atom. The molecule has 0 bridgehead atoms. The van der Waals surface area contributed by atoms with Crippen LogP contribution in [0.1, 0.15) is 42.1 Å². The number of anilines is 1. The molecule has 1 heterocycles. The van der Waals surface area contributed by atoms with Crippen molar-refractivity contribution in [1.29, 1.82) is 0 Å². The van der Waals surface area contributed by atoms with Crippen LogP contribution in [0.2, 0.25) is 0 Å². The zero-order chi connectivity index (χ0) is 33.5. The summed E-state index contributed by atoms with van der Waals surface area (Å²) < 4.78 is 72.8. The molecule has 13 heteroatoms. The van der Waals surface area contributed by atoms with Gasteiger partial charge in [-0.15, -0.1) is 0 Å². The molecule has 1 saturated carbocycles. The fourth-order valence-electron chi connectivity index (χ4n) is 5.61. The van der Waals surface area contributed by atoms with Gasteiger partial charge in [0, 0.05) is 26.0 Å². The number of aliphatic hydroxyl groups excluding tert-OH is 1. The fourth-order valence-corrected chi connectivity index (χ4v) is 5.61. The van der Waals surface area contributed by atoms with Gasteiger partial charge in [0.15, 0.2) is 0 Å². The third-order valence-electron chi connectivity index (χ3n) is 7.85. The number of imidazole rings is 1. The lowest BCUT2D eigenvalue weighted by Gasteiger charge is -2.34. The van der Waals surface area contributed by atoms with Crippen molar-refractivity contribution in [3.05, 3.63) is 83.2 Å². The lowest BCUT2D eigenvalue weighted by molar-refractivity contribution is -0.137. The van der Waals surface area contributed by atoms with Crippen molar-refractivity contribution in [3.63, 3.8) is 0 Å². The SMILES string of the molecule is CNS.CO.Cc1nc2cc(-c3ccc(C4CCCC(C(=O)Nc5ccc(C(F)(F)F)cc5F)[C@@H]4C=O)c(F)c3)ccc2n1C. The third kappa shape index (κ3) is 8.08. The number of benzene rings is 3. The average Bonchev–Trinajstić information content (AvgIpc) is 3.30. The number of aldehydes is 1. The summed E-state index contributed by atoms with van der Waals surface area (Å²) in [6.07, 6.45) is -2.83. The highest BCUT2D eigenvalue weighted by Gasteiger charge is 2.39. The predicted molar refractivity (Wildman–Crippen MR) is 167 cm³/mol. The van der Waals surface area contributed by atoms with E-state index in [4.69, 9.17) is 5.11 Å². The second-order valence-electron chi connectivity index (χ2n) is 10.4. The molecule has 0 spiro atoms. The predicted octanol–water partition coefficient (Wildman–Crippen LogP) is 6.84. The highest BCUT2D eigenvalue weighted by molar-refractivity contribution is 7.78. The molecule has 3 atom stereocenters. The quantitative estimate of drug-likeness (QED) is 0.108. The van der Waals surface area contributed by atoms with E-state index in [1.54, 1.807) is 19.2 Å². The number of fused-ring (bicyclic) bond motifs is 1. The molecule has 1 aromatic heterocycles. The van der Waals surface area contributed by atoms with Crippen molar-refractivity contribution < 1.29 is 36.6 Å². The molecule has 1 fully saturated rings. The maximum Gasteiger partial charge on any atom is 0.416 e. The first-order valence-electron chi connectivity index (χ1n) is 14.0. The molecule has 4 aromatic rings. The zero-order valence-electron chi connectivity index (χ0n) is 25.1. The van der Waals surface area contributed by atoms with Gasteiger partial charge in [0.2, 0.25) is 5.91 Å². The number of amides is 1. The van der Waals surface area contributed by atoms with Gasteiger partial charge in [-0.1, -0.05) is 37.4 Å². The topological polar surface area (TPSA) is 96.2 Å². The lowest BCUT2D eigenvalue weighted by Crippen LogP contribution is -2.37. The Bertz CT molecular complexity index is 1640. The van der Waals surface area contributed by atoms with Gasteiger partial charge in [-0.3, -0.25) is 9.52 Å². The van der Waals surface area contributed by atoms with E-state index < -0.39 is 52.7 Å². The average molecular weight is 651 g/mol. The van der Waals surface area contributed by atoms with Crippen molar-refractivity contribution >= 4 is 41.7 Å². The second kappa shape index (κ2) is 15.5. The number of hydrogen-bond acceptors (Lipinski definition) is 6. The monoisotopic (exact) mass is 650 g/mol. The molecule has 0 radical (unpaired) electrons. The standard InChI is InChI=1S/C30H26F5N3O2.CH5NS.CH4O/c1-16-36-27-13-18(7-11-28(27)38(16)2)17-6-9-21(24(31)12-17)20-4-3-5-22(23(20)15-39)29(40)37-26-10-8-19(14-25(26)32)30(33,34)35;1-2-3;1-2/h6-15,20,22-23H,3-5H2,1-2H3,(H,37,40);2-3H,1H3;2H,1H3/t20?,22?,23-;;/m1../s1. The molecule has 45 heavy (non-hydrogen) atoms. The Balaban J connectivity index is 0.00000104. The minimum absolute atomic E-state index is 0.300. The summed E-state index contributed by atoms with van der Waals surface area (Å²) in [7, 11) is 4.66. The summed E-state index contributed by atoms with van der Waals surface area (Å²) >= 11 is 3.54. The van der Waals surface area contributed by atoms with Crippen LogP contribution >= 0.6 is 12.8 Å². The first kappa shape index (κ1) is 35.7. The van der Waals surface area contributed by atoms with E-state index >= 15 is 4.39 Å². The Morgan fingerprint density at radius 1 is 1.02 bits per heavy atom. The Hall–Kier alpha value is -3.81. The molecule has 3 N–H and O–H groups in total. The number of aromatic nitrogens is 2. The number of aliphatic hydroxyl groups is 1. The van der Waals surface area contributed by atoms with Gasteiger partial charge < -0.3 is 19.8 Å². The van der Waals surface area contributed by atoms with Crippen LogP contribution in [0.5, 0.6) is 0 Å². The van der Waals surface area contributed by atoms with E-state index in [-0.39, 0.29) is 0 Å². The van der Waals surface area contributed by atoms with E-state index in [0.717, 1.165) is 35.6 Å². The van der Waals surface area contributed by atoms with Crippen LogP contribution in [-0.2, 0) is 22.8 Å². The van der Waals surface area contributed by atoms with E-state index in [2.05, 4.69) is 27.8 Å². The van der Waals surface area contributed by atoms with E-state index in [1.165, 1.54) is 6.07 Å². The van der Waals surface area contributed by atoms with Crippen molar-refractivity contribution in [2.24, 2.45) is 18.9 Å². The normalized spacial score (nSPS) is 17.9. The number of hydrogen-bond donors (Lipinski definition) is 4. The number of carbonyl (C=O) groups excluding carboxylic acids is 2. The van der Waals surface area contributed by atoms with Crippen LogP contribution in [0.25, 0.3) is 22.2 Å². The Labute approximate surface area is 263 Å². The number of nitrogens with one attached hydrogen (secondary N) is 2. The van der Waals surface area contributed by atoms with Crippen LogP contribution < -0.4 is 10.0 Å². The highest BCUT2D eigenvalue weighted by atomic mass is 32.1. The molecular formula is C32H35F5N4O3S. The summed E-state index contributed by atoms with van der Waals surface area (Å²) in [5, 5.41) is 9.32. The summed E-state index contributed by atoms with van der Waals surface area (Å²) in [5.41, 5.74) is 1.86. The molecule has 242 valence electrons. The number of aryl methyl sites for hydroxylation is 2. The van der Waals surface area contributed by atoms with Crippen LogP contribution in [0.3, 0.4) is 0 Å². The number of halogens is 5. The molecule has 0 saturated heterocycles. The molecule has 7 nitrogen and oxygen atoms in total. The van der Waals surface area contributed by atoms with Gasteiger partial charge in [-0.2, -0.15) is 13.2 Å². The summed E-state index contributed by atoms with van der Waals surface area (Å²) in [4.78, 5) is 29.7. The van der Waals surface area contributed by atoms with Gasteiger partial charge in [0.25, 0.3) is 0 Å². The largest absolute Gasteiger partial charge is 0.416 e. The molecule has 1 aliphatic rings. The molecule has 2 unspecified atom stereocenters. The first-order valence-corrected chi connectivity index (χ1v) is 14.5. The minimum Gasteiger partial charge on any atom is -0.400 e. The lowest BCUT2D eigenvalue weighted by atomic mass is 9.69. The number of nitrogens with zero attached hydrogens (tertiary/aromatic N) is 2. The molecule has 3 aromatic carbocycles. The van der Waals surface area contributed by atoms with Crippen LogP contribution in [-0.4, -0.2) is 41.0 Å². The fraction of sp³-hybridized carbons (Fsp3) is 0.344. The third-order valence-corrected chi connectivity index (χ3v) is 7.85. The minimum atomic E-state index is -4.73. The number of thiol groups is 1. The first-order chi connectivity index (χ1) is 21.4. The zero-order valence-corrected chi connectivity index (χ0v) is 26.0. The number of alkyl halides is 3. The van der Waals surface area contributed by atoms with Crippen molar-refractivity contribution in [3.8, 4) is 11.1 Å². The van der Waals surface area contributed by atoms with Crippen LogP contribution in [0.4, 0.5) is 27.6 Å². The summed E-state index contributed by atoms with van der Waals surface area (Å²) in [6.45, 7) is 1.90. The van der Waals surface area contributed by atoms with Gasteiger partial charge >= 0.3 is 6.18 Å². The molecule has 1 aliphatic carbocycles. The number of carbonyl (C=O) groups is 2. The van der Waals surface area contributed by atoms with Crippen molar-refractivity contribution in [1.82, 2.24) is 14.3 Å². The second-order valence-corrected chi connectivity index (χ2v) is 10.9. The molecule has 5 rings (SSSR count).